The minimum atomic E-state index is -0.749. The molecule has 1 aliphatic rings. The normalized spacial score (nSPS) is 15.6. The number of benzene rings is 3. The van der Waals surface area contributed by atoms with Crippen LogP contribution in [0.5, 0.6) is 0 Å². The average Bonchev–Trinajstić information content (AvgIpc) is 2.90. The third kappa shape index (κ3) is 5.74. The van der Waals surface area contributed by atoms with Crippen molar-refractivity contribution in [3.63, 3.8) is 0 Å². The van der Waals surface area contributed by atoms with Crippen LogP contribution in [0.2, 0.25) is 0 Å². The number of piperidine rings is 1. The summed E-state index contributed by atoms with van der Waals surface area (Å²) < 4.78 is 28.1. The smallest absolute Gasteiger partial charge is 0.319 e. The molecule has 194 valence electrons. The lowest BCUT2D eigenvalue weighted by Crippen LogP contribution is -2.51. The first-order chi connectivity index (χ1) is 17.8. The molecule has 0 bridgehead atoms. The zero-order valence-electron chi connectivity index (χ0n) is 20.8. The maximum atomic E-state index is 15.0. The highest BCUT2D eigenvalue weighted by Crippen LogP contribution is 2.42. The number of nitrogens with zero attached hydrogens (tertiary/aromatic N) is 1. The quantitative estimate of drug-likeness (QED) is 0.386. The van der Waals surface area contributed by atoms with Gasteiger partial charge >= 0.3 is 6.03 Å². The van der Waals surface area contributed by atoms with E-state index in [4.69, 9.17) is 5.73 Å². The third-order valence-electron chi connectivity index (χ3n) is 7.39. The third-order valence-corrected chi connectivity index (χ3v) is 7.39. The van der Waals surface area contributed by atoms with Gasteiger partial charge in [0.1, 0.15) is 11.6 Å². The van der Waals surface area contributed by atoms with Crippen LogP contribution in [0.25, 0.3) is 0 Å². The van der Waals surface area contributed by atoms with Gasteiger partial charge in [0.15, 0.2) is 0 Å². The Bertz CT molecular complexity index is 1230. The molecule has 6 nitrogen and oxygen atoms in total. The summed E-state index contributed by atoms with van der Waals surface area (Å²) in [7, 11) is 0. The van der Waals surface area contributed by atoms with Gasteiger partial charge in [-0.2, -0.15) is 0 Å². The number of rotatable bonds is 8. The maximum absolute atomic E-state index is 15.0. The van der Waals surface area contributed by atoms with Crippen molar-refractivity contribution in [2.75, 3.05) is 23.3 Å². The Morgan fingerprint density at radius 2 is 1.68 bits per heavy atom. The van der Waals surface area contributed by atoms with Crippen LogP contribution in [0.3, 0.4) is 0 Å². The summed E-state index contributed by atoms with van der Waals surface area (Å²) in [5.41, 5.74) is 7.68. The lowest BCUT2D eigenvalue weighted by molar-refractivity contribution is -0.126. The number of amides is 3. The highest BCUT2D eigenvalue weighted by atomic mass is 19.1. The van der Waals surface area contributed by atoms with E-state index in [1.807, 2.05) is 42.2 Å². The van der Waals surface area contributed by atoms with Crippen LogP contribution in [0, 0.1) is 17.6 Å². The van der Waals surface area contributed by atoms with Crippen molar-refractivity contribution in [3.8, 4) is 0 Å². The summed E-state index contributed by atoms with van der Waals surface area (Å²) in [4.78, 5) is 26.9. The lowest BCUT2D eigenvalue weighted by atomic mass is 9.64. The van der Waals surface area contributed by atoms with Gasteiger partial charge in [-0.3, -0.25) is 4.79 Å². The van der Waals surface area contributed by atoms with Gasteiger partial charge in [0, 0.05) is 25.3 Å². The molecule has 0 aromatic heterocycles. The van der Waals surface area contributed by atoms with Crippen LogP contribution in [0.1, 0.15) is 37.3 Å². The SMILES string of the molecule is CCC(C(N)=O)(c1ccccc1)C1CCN(c2ccc(NC(=O)NCc3ccc(F)cc3)cc2F)CC1. The van der Waals surface area contributed by atoms with Crippen molar-refractivity contribution in [3.05, 3.63) is 95.6 Å². The topological polar surface area (TPSA) is 87.5 Å². The van der Waals surface area contributed by atoms with Gasteiger partial charge in [0.25, 0.3) is 0 Å². The van der Waals surface area contributed by atoms with Gasteiger partial charge in [-0.1, -0.05) is 49.4 Å². The van der Waals surface area contributed by atoms with E-state index in [0.29, 0.717) is 43.7 Å². The molecule has 0 spiro atoms. The molecule has 1 aliphatic heterocycles. The summed E-state index contributed by atoms with van der Waals surface area (Å²) in [6, 6.07) is 19.6. The Hall–Kier alpha value is -3.94. The first-order valence-electron chi connectivity index (χ1n) is 12.5. The molecule has 1 saturated heterocycles. The summed E-state index contributed by atoms with van der Waals surface area (Å²) in [5, 5.41) is 5.29. The van der Waals surface area contributed by atoms with Gasteiger partial charge in [-0.25, -0.2) is 13.6 Å². The van der Waals surface area contributed by atoms with Gasteiger partial charge in [-0.05, 0) is 66.6 Å². The molecule has 3 aromatic carbocycles. The molecule has 8 heteroatoms. The fourth-order valence-corrected chi connectivity index (χ4v) is 5.40. The van der Waals surface area contributed by atoms with Crippen molar-refractivity contribution in [1.82, 2.24) is 5.32 Å². The van der Waals surface area contributed by atoms with E-state index in [1.165, 1.54) is 18.2 Å². The van der Waals surface area contributed by atoms with Crippen molar-refractivity contribution in [2.45, 2.75) is 38.1 Å². The number of hydrogen-bond acceptors (Lipinski definition) is 3. The highest BCUT2D eigenvalue weighted by molar-refractivity contribution is 5.89. The number of anilines is 2. The zero-order valence-corrected chi connectivity index (χ0v) is 20.8. The molecule has 3 aromatic rings. The van der Waals surface area contributed by atoms with Gasteiger partial charge in [0.2, 0.25) is 5.91 Å². The molecule has 1 unspecified atom stereocenters. The van der Waals surface area contributed by atoms with Crippen molar-refractivity contribution in [1.29, 1.82) is 0 Å². The number of nitrogens with two attached hydrogens (primary N) is 1. The van der Waals surface area contributed by atoms with Crippen molar-refractivity contribution in [2.24, 2.45) is 11.7 Å². The molecule has 1 atom stereocenters. The first kappa shape index (κ1) is 26.1. The van der Waals surface area contributed by atoms with Crippen molar-refractivity contribution < 1.29 is 18.4 Å². The second kappa shape index (κ2) is 11.4. The highest BCUT2D eigenvalue weighted by Gasteiger charge is 2.45. The molecule has 37 heavy (non-hydrogen) atoms. The fourth-order valence-electron chi connectivity index (χ4n) is 5.40. The van der Waals surface area contributed by atoms with Crippen LogP contribution in [0.15, 0.2) is 72.8 Å². The Balaban J connectivity index is 1.37. The van der Waals surface area contributed by atoms with Crippen LogP contribution >= 0.6 is 0 Å². The molecule has 1 heterocycles. The van der Waals surface area contributed by atoms with E-state index in [-0.39, 0.29) is 24.2 Å². The predicted molar refractivity (Wildman–Crippen MR) is 141 cm³/mol. The molecule has 4 N–H and O–H groups in total. The molecule has 0 saturated carbocycles. The van der Waals surface area contributed by atoms with E-state index in [1.54, 1.807) is 24.3 Å². The van der Waals surface area contributed by atoms with E-state index in [2.05, 4.69) is 10.6 Å². The minimum absolute atomic E-state index is 0.0578. The summed E-state index contributed by atoms with van der Waals surface area (Å²) in [6.45, 7) is 3.39. The molecule has 0 aliphatic carbocycles. The fraction of sp³-hybridized carbons (Fsp3) is 0.310. The number of primary amides is 1. The Labute approximate surface area is 215 Å². The monoisotopic (exact) mass is 506 g/mol. The van der Waals surface area contributed by atoms with Crippen LogP contribution in [-0.2, 0) is 16.8 Å². The molecule has 0 radical (unpaired) electrons. The largest absolute Gasteiger partial charge is 0.369 e. The van der Waals surface area contributed by atoms with E-state index in [9.17, 15) is 14.0 Å². The number of nitrogens with one attached hydrogen (secondary N) is 2. The number of urea groups is 1. The first-order valence-corrected chi connectivity index (χ1v) is 12.5. The minimum Gasteiger partial charge on any atom is -0.369 e. The number of hydrogen-bond donors (Lipinski definition) is 3. The van der Waals surface area contributed by atoms with Crippen LogP contribution < -0.4 is 21.3 Å². The van der Waals surface area contributed by atoms with Crippen LogP contribution in [0.4, 0.5) is 25.0 Å². The van der Waals surface area contributed by atoms with E-state index >= 15 is 4.39 Å². The van der Waals surface area contributed by atoms with Gasteiger partial charge < -0.3 is 21.3 Å². The molecular weight excluding hydrogens is 474 g/mol. The second-order valence-electron chi connectivity index (χ2n) is 9.42. The predicted octanol–water partition coefficient (Wildman–Crippen LogP) is 5.34. The standard InChI is InChI=1S/C29H32F2N4O2/c1-2-29(27(32)36,21-6-4-3-5-7-21)22-14-16-35(17-15-22)26-13-12-24(18-25(26)31)34-28(37)33-19-20-8-10-23(30)11-9-20/h3-13,18,22H,2,14-17,19H2,1H3,(H2,32,36)(H2,33,34,37). The van der Waals surface area contributed by atoms with Gasteiger partial charge in [-0.15, -0.1) is 0 Å². The Morgan fingerprint density at radius 3 is 2.27 bits per heavy atom. The maximum Gasteiger partial charge on any atom is 0.319 e. The average molecular weight is 507 g/mol. The summed E-state index contributed by atoms with van der Waals surface area (Å²) >= 11 is 0. The molecular formula is C29H32F2N4O2. The Kier molecular flexibility index (Phi) is 8.06. The molecule has 4 rings (SSSR count). The Morgan fingerprint density at radius 1 is 1.00 bits per heavy atom. The van der Waals surface area contributed by atoms with E-state index in [0.717, 1.165) is 11.1 Å². The van der Waals surface area contributed by atoms with Crippen LogP contribution in [-0.4, -0.2) is 25.0 Å². The van der Waals surface area contributed by atoms with Crippen molar-refractivity contribution >= 4 is 23.3 Å². The lowest BCUT2D eigenvalue weighted by Gasteiger charge is -2.43. The van der Waals surface area contributed by atoms with Gasteiger partial charge in [0.05, 0.1) is 11.1 Å². The summed E-state index contributed by atoms with van der Waals surface area (Å²) in [5.74, 6) is -1.04. The summed E-state index contributed by atoms with van der Waals surface area (Å²) in [6.07, 6.45) is 2.02. The number of carbonyl (C=O) groups excluding carboxylic acids is 2. The number of carbonyl (C=O) groups is 2. The molecule has 1 fully saturated rings. The molecule has 3 amide bonds. The number of halogens is 2. The zero-order chi connectivity index (χ0) is 26.4. The van der Waals surface area contributed by atoms with E-state index < -0.39 is 17.3 Å². The second-order valence-corrected chi connectivity index (χ2v) is 9.42.